The Hall–Kier alpha value is -1.06. The van der Waals surface area contributed by atoms with Crippen LogP contribution in [0.1, 0.15) is 26.7 Å². The zero-order chi connectivity index (χ0) is 9.72. The number of carboxylic acids is 1. The van der Waals surface area contributed by atoms with Crippen molar-refractivity contribution < 1.29 is 14.7 Å². The van der Waals surface area contributed by atoms with Gasteiger partial charge in [-0.1, -0.05) is 0 Å². The summed E-state index contributed by atoms with van der Waals surface area (Å²) in [5, 5.41) is 8.31. The number of carboxylic acid groups (broad SMARTS) is 1. The van der Waals surface area contributed by atoms with Crippen molar-refractivity contribution in [3.8, 4) is 0 Å². The van der Waals surface area contributed by atoms with E-state index in [0.717, 1.165) is 0 Å². The second-order valence-corrected chi connectivity index (χ2v) is 2.99. The van der Waals surface area contributed by atoms with Crippen LogP contribution in [-0.2, 0) is 9.59 Å². The molecule has 4 heteroatoms. The lowest BCUT2D eigenvalue weighted by atomic mass is 10.2. The highest BCUT2D eigenvalue weighted by molar-refractivity contribution is 5.80. The molecular weight excluding hydrogens is 158 g/mol. The first-order valence-corrected chi connectivity index (χ1v) is 3.92. The Bertz CT molecular complexity index is 177. The largest absolute Gasteiger partial charge is 0.481 e. The van der Waals surface area contributed by atoms with Crippen molar-refractivity contribution in [3.05, 3.63) is 0 Å². The van der Waals surface area contributed by atoms with Gasteiger partial charge in [-0.2, -0.15) is 0 Å². The number of nitrogens with zero attached hydrogens (tertiary/aromatic N) is 1. The van der Waals surface area contributed by atoms with Crippen LogP contribution in [0.25, 0.3) is 0 Å². The molecule has 0 fully saturated rings. The van der Waals surface area contributed by atoms with E-state index in [-0.39, 0.29) is 24.8 Å². The number of rotatable bonds is 4. The van der Waals surface area contributed by atoms with Gasteiger partial charge >= 0.3 is 5.97 Å². The van der Waals surface area contributed by atoms with E-state index in [9.17, 15) is 9.59 Å². The zero-order valence-electron chi connectivity index (χ0n) is 7.70. The summed E-state index contributed by atoms with van der Waals surface area (Å²) < 4.78 is 0. The normalized spacial score (nSPS) is 10.0. The highest BCUT2D eigenvalue weighted by atomic mass is 16.4. The number of carbonyl (C=O) groups excluding carboxylic acids is 1. The maximum absolute atomic E-state index is 11.2. The molecule has 0 atom stereocenters. The molecular formula is C8H15NO3. The molecule has 0 spiro atoms. The van der Waals surface area contributed by atoms with Gasteiger partial charge in [0, 0.05) is 19.5 Å². The van der Waals surface area contributed by atoms with Gasteiger partial charge in [-0.3, -0.25) is 9.59 Å². The molecule has 0 saturated carbocycles. The summed E-state index contributed by atoms with van der Waals surface area (Å²) in [5.74, 6) is -1.05. The first kappa shape index (κ1) is 10.9. The smallest absolute Gasteiger partial charge is 0.303 e. The summed E-state index contributed by atoms with van der Waals surface area (Å²) in [6.45, 7) is 3.78. The van der Waals surface area contributed by atoms with E-state index in [1.807, 2.05) is 13.8 Å². The van der Waals surface area contributed by atoms with Gasteiger partial charge in [0.15, 0.2) is 0 Å². The van der Waals surface area contributed by atoms with Gasteiger partial charge in [0.1, 0.15) is 0 Å². The van der Waals surface area contributed by atoms with Crippen molar-refractivity contribution in [1.82, 2.24) is 4.90 Å². The minimum absolute atomic E-state index is 0.0873. The molecule has 0 rings (SSSR count). The van der Waals surface area contributed by atoms with E-state index in [1.54, 1.807) is 11.9 Å². The third-order valence-corrected chi connectivity index (χ3v) is 1.72. The summed E-state index contributed by atoms with van der Waals surface area (Å²) >= 11 is 0. The molecule has 0 heterocycles. The fourth-order valence-electron chi connectivity index (χ4n) is 0.678. The number of hydrogen-bond acceptors (Lipinski definition) is 2. The van der Waals surface area contributed by atoms with Crippen LogP contribution in [0.3, 0.4) is 0 Å². The Morgan fingerprint density at radius 1 is 1.33 bits per heavy atom. The molecule has 4 nitrogen and oxygen atoms in total. The predicted octanol–water partition coefficient (Wildman–Crippen LogP) is 0.718. The molecule has 0 aliphatic carbocycles. The third kappa shape index (κ3) is 3.95. The van der Waals surface area contributed by atoms with E-state index in [4.69, 9.17) is 5.11 Å². The molecule has 0 aromatic rings. The first-order valence-electron chi connectivity index (χ1n) is 3.92. The van der Waals surface area contributed by atoms with Gasteiger partial charge in [-0.15, -0.1) is 0 Å². The van der Waals surface area contributed by atoms with Crippen LogP contribution in [0.4, 0.5) is 0 Å². The summed E-state index contributed by atoms with van der Waals surface area (Å²) in [4.78, 5) is 22.8. The van der Waals surface area contributed by atoms with Crippen molar-refractivity contribution in [2.45, 2.75) is 32.7 Å². The minimum Gasteiger partial charge on any atom is -0.481 e. The van der Waals surface area contributed by atoms with Crippen LogP contribution >= 0.6 is 0 Å². The fraction of sp³-hybridized carbons (Fsp3) is 0.750. The van der Waals surface area contributed by atoms with Gasteiger partial charge in [0.25, 0.3) is 0 Å². The van der Waals surface area contributed by atoms with Crippen molar-refractivity contribution >= 4 is 11.9 Å². The number of aliphatic carboxylic acids is 1. The molecule has 0 aliphatic rings. The lowest BCUT2D eigenvalue weighted by Gasteiger charge is -2.20. The molecule has 12 heavy (non-hydrogen) atoms. The van der Waals surface area contributed by atoms with Crippen LogP contribution in [0.15, 0.2) is 0 Å². The average molecular weight is 173 g/mol. The lowest BCUT2D eigenvalue weighted by Crippen LogP contribution is -2.33. The van der Waals surface area contributed by atoms with Crippen molar-refractivity contribution in [2.24, 2.45) is 0 Å². The zero-order valence-corrected chi connectivity index (χ0v) is 7.70. The molecule has 0 bridgehead atoms. The van der Waals surface area contributed by atoms with E-state index < -0.39 is 5.97 Å². The van der Waals surface area contributed by atoms with Crippen molar-refractivity contribution in [2.75, 3.05) is 7.05 Å². The van der Waals surface area contributed by atoms with Crippen molar-refractivity contribution in [1.29, 1.82) is 0 Å². The fourth-order valence-corrected chi connectivity index (χ4v) is 0.678. The monoisotopic (exact) mass is 173 g/mol. The summed E-state index contributed by atoms with van der Waals surface area (Å²) in [7, 11) is 1.68. The summed E-state index contributed by atoms with van der Waals surface area (Å²) in [5.41, 5.74) is 0. The minimum atomic E-state index is -0.930. The van der Waals surface area contributed by atoms with Gasteiger partial charge in [0.2, 0.25) is 5.91 Å². The van der Waals surface area contributed by atoms with Crippen LogP contribution in [0.2, 0.25) is 0 Å². The number of amides is 1. The van der Waals surface area contributed by atoms with Crippen LogP contribution in [0.5, 0.6) is 0 Å². The molecule has 0 saturated heterocycles. The van der Waals surface area contributed by atoms with Crippen LogP contribution in [-0.4, -0.2) is 35.0 Å². The summed E-state index contributed by atoms with van der Waals surface area (Å²) in [6.07, 6.45) is -0.0000926. The Morgan fingerprint density at radius 3 is 2.17 bits per heavy atom. The SMILES string of the molecule is CC(C)N(C)C(=O)CCC(=O)O. The van der Waals surface area contributed by atoms with E-state index in [0.29, 0.717) is 0 Å². The maximum atomic E-state index is 11.2. The van der Waals surface area contributed by atoms with Gasteiger partial charge in [-0.25, -0.2) is 0 Å². The van der Waals surface area contributed by atoms with Gasteiger partial charge in [0.05, 0.1) is 6.42 Å². The van der Waals surface area contributed by atoms with Crippen LogP contribution < -0.4 is 0 Å². The third-order valence-electron chi connectivity index (χ3n) is 1.72. The van der Waals surface area contributed by atoms with Gasteiger partial charge < -0.3 is 10.0 Å². The standard InChI is InChI=1S/C8H15NO3/c1-6(2)9(3)7(10)4-5-8(11)12/h6H,4-5H2,1-3H3,(H,11,12). The maximum Gasteiger partial charge on any atom is 0.303 e. The second kappa shape index (κ2) is 4.74. The highest BCUT2D eigenvalue weighted by Crippen LogP contribution is 1.99. The molecule has 0 radical (unpaired) electrons. The molecule has 0 aromatic heterocycles. The highest BCUT2D eigenvalue weighted by Gasteiger charge is 2.12. The number of hydrogen-bond donors (Lipinski definition) is 1. The van der Waals surface area contributed by atoms with E-state index >= 15 is 0 Å². The molecule has 0 aromatic carbocycles. The molecule has 1 N–H and O–H groups in total. The average Bonchev–Trinajstić information content (AvgIpc) is 1.98. The van der Waals surface area contributed by atoms with E-state index in [2.05, 4.69) is 0 Å². The summed E-state index contributed by atoms with van der Waals surface area (Å²) in [6, 6.07) is 0.131. The van der Waals surface area contributed by atoms with Crippen molar-refractivity contribution in [3.63, 3.8) is 0 Å². The Balaban J connectivity index is 3.80. The Labute approximate surface area is 72.2 Å². The Morgan fingerprint density at radius 2 is 1.83 bits per heavy atom. The molecule has 0 aliphatic heterocycles. The first-order chi connectivity index (χ1) is 5.45. The Kier molecular flexibility index (Phi) is 4.33. The quantitative estimate of drug-likeness (QED) is 0.681. The topological polar surface area (TPSA) is 57.6 Å². The predicted molar refractivity (Wildman–Crippen MR) is 44.8 cm³/mol. The molecule has 1 amide bonds. The number of carbonyl (C=O) groups is 2. The van der Waals surface area contributed by atoms with Gasteiger partial charge in [-0.05, 0) is 13.8 Å². The molecule has 70 valence electrons. The van der Waals surface area contributed by atoms with Crippen LogP contribution in [0, 0.1) is 0 Å². The van der Waals surface area contributed by atoms with E-state index in [1.165, 1.54) is 0 Å². The second-order valence-electron chi connectivity index (χ2n) is 2.99. The molecule has 0 unspecified atom stereocenters. The lowest BCUT2D eigenvalue weighted by molar-refractivity contribution is -0.141.